The van der Waals surface area contributed by atoms with Gasteiger partial charge in [0.25, 0.3) is 0 Å². The van der Waals surface area contributed by atoms with E-state index in [1.54, 1.807) is 6.07 Å². The van der Waals surface area contributed by atoms with Crippen LogP contribution in [0.2, 0.25) is 0 Å². The molecule has 1 aromatic rings. The van der Waals surface area contributed by atoms with Crippen LogP contribution in [-0.2, 0) is 6.42 Å². The Morgan fingerprint density at radius 3 is 3.33 bits per heavy atom. The van der Waals surface area contributed by atoms with Crippen LogP contribution < -0.4 is 0 Å². The third-order valence-corrected chi connectivity index (χ3v) is 1.51. The van der Waals surface area contributed by atoms with E-state index in [9.17, 15) is 0 Å². The van der Waals surface area contributed by atoms with Gasteiger partial charge in [-0.2, -0.15) is 0 Å². The molecule has 9 heavy (non-hydrogen) atoms. The van der Waals surface area contributed by atoms with Crippen molar-refractivity contribution in [3.8, 4) is 0 Å². The summed E-state index contributed by atoms with van der Waals surface area (Å²) in [7, 11) is 0. The summed E-state index contributed by atoms with van der Waals surface area (Å²) >= 11 is 0. The lowest BCUT2D eigenvalue weighted by molar-refractivity contribution is 1.31. The molecule has 0 aliphatic heterocycles. The Balaban J connectivity index is 2.59. The van der Waals surface area contributed by atoms with E-state index in [2.05, 4.69) is 0 Å². The summed E-state index contributed by atoms with van der Waals surface area (Å²) < 4.78 is 14.9. The molecule has 0 fully saturated rings. The fourth-order valence-electron chi connectivity index (χ4n) is 1.04. The Bertz CT molecular complexity index is 326. The largest absolute Gasteiger partial charge is 0.0795 e. The van der Waals surface area contributed by atoms with Crippen molar-refractivity contribution in [3.05, 3.63) is 41.4 Å². The maximum Gasteiger partial charge on any atom is 0.0626 e. The second-order valence-electron chi connectivity index (χ2n) is 2.13. The van der Waals surface area contributed by atoms with Gasteiger partial charge in [0, 0.05) is 0 Å². The van der Waals surface area contributed by atoms with Crippen LogP contribution in [0.1, 0.15) is 13.9 Å². The van der Waals surface area contributed by atoms with Crippen LogP contribution in [0, 0.1) is 0 Å². The van der Waals surface area contributed by atoms with Crippen molar-refractivity contribution in [1.29, 1.82) is 0 Å². The van der Waals surface area contributed by atoms with Gasteiger partial charge < -0.3 is 0 Å². The monoisotopic (exact) mass is 118 g/mol. The van der Waals surface area contributed by atoms with Crippen LogP contribution in [0.15, 0.2) is 30.3 Å². The fraction of sp³-hybridized carbons (Fsp3) is 0.111. The summed E-state index contributed by atoms with van der Waals surface area (Å²) in [5.41, 5.74) is 2.04. The topological polar surface area (TPSA) is 0 Å². The van der Waals surface area contributed by atoms with E-state index < -0.39 is 0 Å². The summed E-state index contributed by atoms with van der Waals surface area (Å²) in [6, 6.07) is 6.75. The minimum absolute atomic E-state index is 0.556. The van der Waals surface area contributed by atoms with E-state index in [-0.39, 0.29) is 0 Å². The van der Waals surface area contributed by atoms with Gasteiger partial charge in [-0.05, 0) is 17.5 Å². The molecule has 0 N–H and O–H groups in total. The van der Waals surface area contributed by atoms with Crippen molar-refractivity contribution in [2.45, 2.75) is 6.42 Å². The molecule has 1 aromatic carbocycles. The predicted molar refractivity (Wildman–Crippen MR) is 39.2 cm³/mol. The van der Waals surface area contributed by atoms with Gasteiger partial charge in [0.1, 0.15) is 0 Å². The Kier molecular flexibility index (Phi) is 0.616. The van der Waals surface area contributed by atoms with Gasteiger partial charge in [0.15, 0.2) is 0 Å². The van der Waals surface area contributed by atoms with Crippen molar-refractivity contribution in [1.82, 2.24) is 0 Å². The van der Waals surface area contributed by atoms with E-state index in [0.717, 1.165) is 11.1 Å². The molecule has 0 amide bonds. The predicted octanol–water partition coefficient (Wildman–Crippen LogP) is 2.26. The van der Waals surface area contributed by atoms with E-state index in [1.165, 1.54) is 0 Å². The highest BCUT2D eigenvalue weighted by Gasteiger charge is 2.00. The number of hydrogen-bond donors (Lipinski definition) is 0. The molecule has 0 bridgehead atoms. The normalized spacial score (nSPS) is 18.0. The van der Waals surface area contributed by atoms with Crippen molar-refractivity contribution >= 4 is 6.08 Å². The Hall–Kier alpha value is -1.04. The van der Waals surface area contributed by atoms with Crippen molar-refractivity contribution < 1.29 is 2.74 Å². The van der Waals surface area contributed by atoms with Crippen molar-refractivity contribution in [2.75, 3.05) is 0 Å². The number of fused-ring (bicyclic) bond motifs is 1. The van der Waals surface area contributed by atoms with E-state index in [0.29, 0.717) is 18.5 Å². The Morgan fingerprint density at radius 2 is 2.44 bits per heavy atom. The van der Waals surface area contributed by atoms with Gasteiger partial charge in [0.05, 0.1) is 2.74 Å². The molecule has 0 unspecified atom stereocenters. The number of hydrogen-bond acceptors (Lipinski definition) is 0. The molecular formula is C9H8. The molecule has 0 saturated carbocycles. The van der Waals surface area contributed by atoms with Crippen LogP contribution in [0.3, 0.4) is 0 Å². The molecule has 0 atom stereocenters. The highest BCUT2D eigenvalue weighted by Crippen LogP contribution is 2.17. The quantitative estimate of drug-likeness (QED) is 0.490. The maximum atomic E-state index is 7.52. The second-order valence-corrected chi connectivity index (χ2v) is 2.13. The van der Waals surface area contributed by atoms with Gasteiger partial charge in [-0.1, -0.05) is 36.4 Å². The third kappa shape index (κ3) is 0.672. The minimum atomic E-state index is 0.556. The lowest BCUT2D eigenvalue weighted by Gasteiger charge is -1.93. The summed E-state index contributed by atoms with van der Waals surface area (Å²) in [5.74, 6) is 0. The number of benzene rings is 1. The molecular weight excluding hydrogens is 108 g/mol. The first-order valence-corrected chi connectivity index (χ1v) is 3.03. The fourth-order valence-corrected chi connectivity index (χ4v) is 1.04. The minimum Gasteiger partial charge on any atom is -0.0795 e. The molecule has 1 aliphatic rings. The molecule has 0 radical (unpaired) electrons. The highest BCUT2D eigenvalue weighted by molar-refractivity contribution is 5.59. The lowest BCUT2D eigenvalue weighted by atomic mass is 10.1. The van der Waals surface area contributed by atoms with Gasteiger partial charge in [0.2, 0.25) is 0 Å². The maximum absolute atomic E-state index is 7.52. The highest BCUT2D eigenvalue weighted by atomic mass is 14.0. The SMILES string of the molecule is [2H]C1=Cc2cccc([2H])c2C1. The third-order valence-electron chi connectivity index (χ3n) is 1.51. The second kappa shape index (κ2) is 1.73. The van der Waals surface area contributed by atoms with Crippen LogP contribution in [0.5, 0.6) is 0 Å². The molecule has 0 aromatic heterocycles. The molecule has 1 aliphatic carbocycles. The molecule has 0 spiro atoms. The molecule has 44 valence electrons. The average Bonchev–Trinajstić information content (AvgIpc) is 2.31. The van der Waals surface area contributed by atoms with Crippen LogP contribution in [0.4, 0.5) is 0 Å². The van der Waals surface area contributed by atoms with Crippen LogP contribution in [0.25, 0.3) is 6.08 Å². The zero-order chi connectivity index (χ0) is 7.84. The smallest absolute Gasteiger partial charge is 0.0626 e. The van der Waals surface area contributed by atoms with E-state index in [1.807, 2.05) is 18.2 Å². The number of allylic oxidation sites excluding steroid dienone is 1. The molecule has 0 saturated heterocycles. The first kappa shape index (κ1) is 3.21. The Morgan fingerprint density at radius 1 is 1.44 bits per heavy atom. The average molecular weight is 118 g/mol. The van der Waals surface area contributed by atoms with Crippen molar-refractivity contribution in [3.63, 3.8) is 0 Å². The molecule has 0 heterocycles. The molecule has 0 nitrogen and oxygen atoms in total. The summed E-state index contributed by atoms with van der Waals surface area (Å²) in [6.45, 7) is 0. The summed E-state index contributed by atoms with van der Waals surface area (Å²) in [5, 5.41) is 0. The molecule has 0 heteroatoms. The lowest BCUT2D eigenvalue weighted by Crippen LogP contribution is -1.76. The van der Waals surface area contributed by atoms with E-state index >= 15 is 0 Å². The standard InChI is InChI=1S/C9H8/c1-2-5-9-7-3-6-8(9)4-1/h1-6H,7H2/i3D,5D. The zero-order valence-corrected chi connectivity index (χ0v) is 5.02. The van der Waals surface area contributed by atoms with Gasteiger partial charge >= 0.3 is 0 Å². The zero-order valence-electron chi connectivity index (χ0n) is 7.02. The first-order valence-electron chi connectivity index (χ1n) is 4.03. The Labute approximate surface area is 57.6 Å². The molecule has 2 rings (SSSR count). The summed E-state index contributed by atoms with van der Waals surface area (Å²) in [6.07, 6.45) is 2.46. The van der Waals surface area contributed by atoms with E-state index in [4.69, 9.17) is 2.74 Å². The first-order chi connectivity index (χ1) is 5.27. The van der Waals surface area contributed by atoms with Gasteiger partial charge in [-0.3, -0.25) is 0 Å². The van der Waals surface area contributed by atoms with Crippen LogP contribution in [-0.4, -0.2) is 0 Å². The summed E-state index contributed by atoms with van der Waals surface area (Å²) in [4.78, 5) is 0. The number of rotatable bonds is 0. The van der Waals surface area contributed by atoms with Gasteiger partial charge in [-0.25, -0.2) is 0 Å². The van der Waals surface area contributed by atoms with Gasteiger partial charge in [-0.15, -0.1) is 0 Å². The van der Waals surface area contributed by atoms with Crippen LogP contribution >= 0.6 is 0 Å². The van der Waals surface area contributed by atoms with Crippen molar-refractivity contribution in [2.24, 2.45) is 0 Å².